The number of fused-ring (bicyclic) bond motifs is 1. The van der Waals surface area contributed by atoms with Gasteiger partial charge in [0.1, 0.15) is 28.0 Å². The summed E-state index contributed by atoms with van der Waals surface area (Å²) < 4.78 is 55.0. The van der Waals surface area contributed by atoms with Crippen molar-refractivity contribution in [3.8, 4) is 16.9 Å². The number of benzene rings is 2. The van der Waals surface area contributed by atoms with Crippen LogP contribution >= 0.6 is 11.3 Å². The molecule has 4 nitrogen and oxygen atoms in total. The van der Waals surface area contributed by atoms with Crippen molar-refractivity contribution in [2.45, 2.75) is 39.5 Å². The third-order valence-corrected chi connectivity index (χ3v) is 6.20. The molecule has 0 aliphatic carbocycles. The summed E-state index contributed by atoms with van der Waals surface area (Å²) in [5.74, 6) is 0.320. The van der Waals surface area contributed by atoms with Gasteiger partial charge in [0.05, 0.1) is 5.39 Å². The average molecular weight is 490 g/mol. The number of anilines is 1. The summed E-state index contributed by atoms with van der Waals surface area (Å²) >= 11 is 1.66. The lowest BCUT2D eigenvalue weighted by atomic mass is 10.0. The van der Waals surface area contributed by atoms with Crippen LogP contribution in [0.4, 0.5) is 23.4 Å². The maximum absolute atomic E-state index is 14.3. The van der Waals surface area contributed by atoms with Crippen LogP contribution in [0.15, 0.2) is 48.5 Å². The van der Waals surface area contributed by atoms with Crippen molar-refractivity contribution in [3.63, 3.8) is 0 Å². The Labute approximate surface area is 198 Å². The fourth-order valence-electron chi connectivity index (χ4n) is 3.66. The average Bonchev–Trinajstić information content (AvgIpc) is 3.16. The van der Waals surface area contributed by atoms with Crippen LogP contribution < -0.4 is 10.1 Å². The molecule has 2 aromatic heterocycles. The molecule has 0 amide bonds. The van der Waals surface area contributed by atoms with Crippen molar-refractivity contribution in [2.75, 3.05) is 11.9 Å². The molecule has 0 atom stereocenters. The fourth-order valence-corrected chi connectivity index (χ4v) is 4.55. The minimum atomic E-state index is -4.86. The van der Waals surface area contributed by atoms with E-state index in [4.69, 9.17) is 0 Å². The van der Waals surface area contributed by atoms with Gasteiger partial charge in [0.25, 0.3) is 0 Å². The second-order valence-electron chi connectivity index (χ2n) is 7.83. The number of nitrogens with one attached hydrogen (secondary N) is 1. The first-order valence-corrected chi connectivity index (χ1v) is 11.7. The number of rotatable bonds is 8. The summed E-state index contributed by atoms with van der Waals surface area (Å²) in [6.45, 7) is 4.83. The zero-order valence-corrected chi connectivity index (χ0v) is 19.5. The largest absolute Gasteiger partial charge is 0.573 e. The molecule has 0 saturated carbocycles. The van der Waals surface area contributed by atoms with Gasteiger partial charge in [0.2, 0.25) is 0 Å². The SMILES string of the molecule is CCc1nc(NCCCc2ccc(-c3ccc(OC(F)(F)F)cc3F)cc2)c2cc(C)sc2n1. The Bertz CT molecular complexity index is 1290. The van der Waals surface area contributed by atoms with Crippen molar-refractivity contribution >= 4 is 27.4 Å². The molecule has 0 saturated heterocycles. The van der Waals surface area contributed by atoms with E-state index in [0.717, 1.165) is 65.4 Å². The maximum Gasteiger partial charge on any atom is 0.573 e. The minimum absolute atomic E-state index is 0.216. The van der Waals surface area contributed by atoms with Crippen molar-refractivity contribution in [3.05, 3.63) is 70.6 Å². The molecule has 34 heavy (non-hydrogen) atoms. The molecule has 0 unspecified atom stereocenters. The molecule has 0 aliphatic heterocycles. The summed E-state index contributed by atoms with van der Waals surface area (Å²) in [5.41, 5.74) is 1.88. The Hall–Kier alpha value is -3.20. The lowest BCUT2D eigenvalue weighted by molar-refractivity contribution is -0.274. The van der Waals surface area contributed by atoms with Gasteiger partial charge in [-0.05, 0) is 49.1 Å². The third kappa shape index (κ3) is 5.83. The van der Waals surface area contributed by atoms with Gasteiger partial charge in [-0.3, -0.25) is 0 Å². The predicted octanol–water partition coefficient (Wildman–Crippen LogP) is 7.31. The maximum atomic E-state index is 14.3. The molecule has 4 aromatic rings. The molecule has 9 heteroatoms. The monoisotopic (exact) mass is 489 g/mol. The highest BCUT2D eigenvalue weighted by atomic mass is 32.1. The van der Waals surface area contributed by atoms with Crippen LogP contribution in [0.1, 0.15) is 29.6 Å². The van der Waals surface area contributed by atoms with Crippen molar-refractivity contribution in [2.24, 2.45) is 0 Å². The molecule has 0 aliphatic rings. The van der Waals surface area contributed by atoms with Gasteiger partial charge in [0.15, 0.2) is 0 Å². The van der Waals surface area contributed by atoms with Crippen molar-refractivity contribution in [1.29, 1.82) is 0 Å². The Morgan fingerprint density at radius 3 is 2.47 bits per heavy atom. The van der Waals surface area contributed by atoms with Gasteiger partial charge in [0, 0.05) is 29.5 Å². The Kier molecular flexibility index (Phi) is 7.02. The molecular formula is C25H23F4N3OS. The van der Waals surface area contributed by atoms with E-state index in [0.29, 0.717) is 5.56 Å². The van der Waals surface area contributed by atoms with E-state index in [1.165, 1.54) is 10.9 Å². The smallest absolute Gasteiger partial charge is 0.406 e. The summed E-state index contributed by atoms with van der Waals surface area (Å²) in [7, 11) is 0. The first kappa shape index (κ1) is 23.9. The van der Waals surface area contributed by atoms with Crippen LogP contribution in [0.25, 0.3) is 21.3 Å². The highest BCUT2D eigenvalue weighted by Gasteiger charge is 2.31. The fraction of sp³-hybridized carbons (Fsp3) is 0.280. The quantitative estimate of drug-likeness (QED) is 0.208. The van der Waals surface area contributed by atoms with Gasteiger partial charge in [-0.1, -0.05) is 31.2 Å². The van der Waals surface area contributed by atoms with Gasteiger partial charge in [-0.2, -0.15) is 0 Å². The van der Waals surface area contributed by atoms with E-state index in [-0.39, 0.29) is 5.56 Å². The molecule has 178 valence electrons. The van der Waals surface area contributed by atoms with Gasteiger partial charge >= 0.3 is 6.36 Å². The number of hydrogen-bond acceptors (Lipinski definition) is 5. The normalized spacial score (nSPS) is 11.7. The summed E-state index contributed by atoms with van der Waals surface area (Å²) in [4.78, 5) is 11.4. The van der Waals surface area contributed by atoms with Crippen LogP contribution in [0.2, 0.25) is 0 Å². The molecule has 0 bridgehead atoms. The zero-order valence-electron chi connectivity index (χ0n) is 18.7. The van der Waals surface area contributed by atoms with Gasteiger partial charge < -0.3 is 10.1 Å². The molecule has 0 spiro atoms. The Balaban J connectivity index is 1.36. The van der Waals surface area contributed by atoms with Crippen molar-refractivity contribution in [1.82, 2.24) is 9.97 Å². The van der Waals surface area contributed by atoms with Crippen LogP contribution in [0, 0.1) is 12.7 Å². The molecule has 4 rings (SSSR count). The Morgan fingerprint density at radius 1 is 1.03 bits per heavy atom. The molecule has 0 fully saturated rings. The topological polar surface area (TPSA) is 47.0 Å². The van der Waals surface area contributed by atoms with Gasteiger partial charge in [-0.25, -0.2) is 14.4 Å². The third-order valence-electron chi connectivity index (χ3n) is 5.25. The lowest BCUT2D eigenvalue weighted by Gasteiger charge is -2.11. The highest BCUT2D eigenvalue weighted by Crippen LogP contribution is 2.30. The highest BCUT2D eigenvalue weighted by molar-refractivity contribution is 7.18. The van der Waals surface area contributed by atoms with Gasteiger partial charge in [-0.15, -0.1) is 24.5 Å². The summed E-state index contributed by atoms with van der Waals surface area (Å²) in [6.07, 6.45) is -2.41. The van der Waals surface area contributed by atoms with Crippen molar-refractivity contribution < 1.29 is 22.3 Å². The minimum Gasteiger partial charge on any atom is -0.406 e. The molecule has 1 N–H and O–H groups in total. The summed E-state index contributed by atoms with van der Waals surface area (Å²) in [5, 5.41) is 4.47. The second-order valence-corrected chi connectivity index (χ2v) is 9.07. The number of aryl methyl sites for hydroxylation is 3. The van der Waals surface area contributed by atoms with Crippen LogP contribution in [-0.4, -0.2) is 22.9 Å². The standard InChI is InChI=1S/C25H23F4N3OS/c1-3-22-31-23(20-13-15(2)34-24(20)32-22)30-12-4-5-16-6-8-17(9-7-16)19-11-10-18(14-21(19)26)33-25(27,28)29/h6-11,13-14H,3-5,12H2,1-2H3,(H,30,31,32). The van der Waals surface area contributed by atoms with E-state index in [1.807, 2.05) is 19.1 Å². The first-order chi connectivity index (χ1) is 16.2. The number of halogens is 4. The number of ether oxygens (including phenoxy) is 1. The van der Waals surface area contributed by atoms with E-state index in [1.54, 1.807) is 23.5 Å². The van der Waals surface area contributed by atoms with E-state index in [2.05, 4.69) is 33.0 Å². The van der Waals surface area contributed by atoms with E-state index >= 15 is 0 Å². The number of thiophene rings is 1. The van der Waals surface area contributed by atoms with Crippen LogP contribution in [0.3, 0.4) is 0 Å². The predicted molar refractivity (Wildman–Crippen MR) is 127 cm³/mol. The number of alkyl halides is 3. The lowest BCUT2D eigenvalue weighted by Crippen LogP contribution is -2.17. The zero-order chi connectivity index (χ0) is 24.3. The number of aromatic nitrogens is 2. The molecule has 2 aromatic carbocycles. The second kappa shape index (κ2) is 9.97. The van der Waals surface area contributed by atoms with E-state index < -0.39 is 17.9 Å². The number of nitrogens with zero attached hydrogens (tertiary/aromatic N) is 2. The summed E-state index contributed by atoms with van der Waals surface area (Å²) in [6, 6.07) is 12.6. The molecule has 2 heterocycles. The van der Waals surface area contributed by atoms with Crippen LogP contribution in [-0.2, 0) is 12.8 Å². The van der Waals surface area contributed by atoms with E-state index in [9.17, 15) is 17.6 Å². The molecular weight excluding hydrogens is 466 g/mol. The Morgan fingerprint density at radius 2 is 1.79 bits per heavy atom. The molecule has 0 radical (unpaired) electrons. The first-order valence-electron chi connectivity index (χ1n) is 10.9. The number of hydrogen-bond donors (Lipinski definition) is 1. The van der Waals surface area contributed by atoms with Crippen LogP contribution in [0.5, 0.6) is 5.75 Å².